The van der Waals surface area contributed by atoms with Crippen molar-refractivity contribution in [3.63, 3.8) is 0 Å². The van der Waals surface area contributed by atoms with Crippen molar-refractivity contribution in [2.45, 2.75) is 13.3 Å². The third-order valence-corrected chi connectivity index (χ3v) is 4.60. The predicted octanol–water partition coefficient (Wildman–Crippen LogP) is 3.91. The van der Waals surface area contributed by atoms with Gasteiger partial charge in [0.25, 0.3) is 0 Å². The second kappa shape index (κ2) is 7.38. The SMILES string of the molecule is CCc1nc2ccc(F)cc2n1-c1cc(N)nc(Nc2ccc(N(C)C)cc2)n1. The summed E-state index contributed by atoms with van der Waals surface area (Å²) in [6.45, 7) is 1.99. The van der Waals surface area contributed by atoms with E-state index in [0.717, 1.165) is 17.2 Å². The number of nitrogens with one attached hydrogen (secondary N) is 1. The molecule has 0 aliphatic rings. The van der Waals surface area contributed by atoms with Crippen LogP contribution >= 0.6 is 0 Å². The maximum absolute atomic E-state index is 13.9. The standard InChI is InChI=1S/C21H22FN7/c1-4-19-25-16-10-5-13(22)11-17(16)29(19)20-12-18(23)26-21(27-20)24-14-6-8-15(9-7-14)28(2)3/h5-12H,4H2,1-3H3,(H3,23,24,26,27). The molecule has 0 amide bonds. The average molecular weight is 391 g/mol. The zero-order valence-electron chi connectivity index (χ0n) is 16.5. The van der Waals surface area contributed by atoms with Gasteiger partial charge in [-0.3, -0.25) is 4.57 Å². The Balaban J connectivity index is 1.76. The highest BCUT2D eigenvalue weighted by Gasteiger charge is 2.15. The molecule has 3 N–H and O–H groups in total. The number of anilines is 4. The molecule has 0 atom stereocenters. The zero-order valence-corrected chi connectivity index (χ0v) is 16.5. The van der Waals surface area contributed by atoms with Crippen LogP contribution in [0, 0.1) is 5.82 Å². The molecule has 7 nitrogen and oxygen atoms in total. The number of halogens is 1. The van der Waals surface area contributed by atoms with Crippen molar-refractivity contribution in [3.8, 4) is 5.82 Å². The first-order valence-corrected chi connectivity index (χ1v) is 9.31. The lowest BCUT2D eigenvalue weighted by Gasteiger charge is -2.14. The zero-order chi connectivity index (χ0) is 20.5. The summed E-state index contributed by atoms with van der Waals surface area (Å²) in [7, 11) is 3.97. The number of nitrogens with zero attached hydrogens (tertiary/aromatic N) is 5. The van der Waals surface area contributed by atoms with Crippen molar-refractivity contribution in [2.24, 2.45) is 0 Å². The topological polar surface area (TPSA) is 84.9 Å². The van der Waals surface area contributed by atoms with Gasteiger partial charge in [0.1, 0.15) is 23.3 Å². The second-order valence-electron chi connectivity index (χ2n) is 6.89. The van der Waals surface area contributed by atoms with Crippen molar-refractivity contribution in [2.75, 3.05) is 30.0 Å². The number of imidazole rings is 1. The lowest BCUT2D eigenvalue weighted by atomic mass is 10.2. The van der Waals surface area contributed by atoms with Gasteiger partial charge >= 0.3 is 0 Å². The number of rotatable bonds is 5. The van der Waals surface area contributed by atoms with Crippen LogP contribution in [0.5, 0.6) is 0 Å². The Kier molecular flexibility index (Phi) is 4.75. The van der Waals surface area contributed by atoms with E-state index in [1.807, 2.05) is 54.8 Å². The molecule has 4 aromatic rings. The Bertz CT molecular complexity index is 1170. The van der Waals surface area contributed by atoms with E-state index in [2.05, 4.69) is 20.3 Å². The normalized spacial score (nSPS) is 11.0. The Morgan fingerprint density at radius 3 is 2.48 bits per heavy atom. The number of nitrogen functional groups attached to an aromatic ring is 1. The maximum atomic E-state index is 13.9. The Hall–Kier alpha value is -3.68. The molecular formula is C21H22FN7. The molecule has 0 bridgehead atoms. The minimum Gasteiger partial charge on any atom is -0.383 e. The molecule has 0 unspecified atom stereocenters. The molecule has 0 fully saturated rings. The first-order valence-electron chi connectivity index (χ1n) is 9.31. The van der Waals surface area contributed by atoms with E-state index in [9.17, 15) is 4.39 Å². The summed E-state index contributed by atoms with van der Waals surface area (Å²) in [4.78, 5) is 15.5. The summed E-state index contributed by atoms with van der Waals surface area (Å²) in [6.07, 6.45) is 0.662. The van der Waals surface area contributed by atoms with Crippen LogP contribution in [0.3, 0.4) is 0 Å². The van der Waals surface area contributed by atoms with Gasteiger partial charge in [-0.15, -0.1) is 0 Å². The highest BCUT2D eigenvalue weighted by Crippen LogP contribution is 2.25. The molecule has 148 valence electrons. The van der Waals surface area contributed by atoms with Gasteiger partial charge in [0.2, 0.25) is 5.95 Å². The van der Waals surface area contributed by atoms with Crippen molar-refractivity contribution < 1.29 is 4.39 Å². The average Bonchev–Trinajstić information content (AvgIpc) is 3.05. The van der Waals surface area contributed by atoms with E-state index in [0.29, 0.717) is 35.0 Å². The molecule has 2 aromatic heterocycles. The largest absolute Gasteiger partial charge is 0.383 e. The van der Waals surface area contributed by atoms with Gasteiger partial charge in [0, 0.05) is 44.0 Å². The van der Waals surface area contributed by atoms with Crippen LogP contribution in [0.2, 0.25) is 0 Å². The molecule has 2 heterocycles. The molecule has 29 heavy (non-hydrogen) atoms. The number of benzene rings is 2. The van der Waals surface area contributed by atoms with Gasteiger partial charge in [0.15, 0.2) is 0 Å². The number of nitrogens with two attached hydrogens (primary N) is 1. The van der Waals surface area contributed by atoms with Crippen LogP contribution in [0.1, 0.15) is 12.7 Å². The van der Waals surface area contributed by atoms with Crippen molar-refractivity contribution in [1.82, 2.24) is 19.5 Å². The van der Waals surface area contributed by atoms with Gasteiger partial charge in [0.05, 0.1) is 11.0 Å². The van der Waals surface area contributed by atoms with E-state index in [1.54, 1.807) is 12.1 Å². The fourth-order valence-electron chi connectivity index (χ4n) is 3.19. The first kappa shape index (κ1) is 18.7. The third kappa shape index (κ3) is 3.69. The van der Waals surface area contributed by atoms with Gasteiger partial charge in [-0.1, -0.05) is 6.92 Å². The summed E-state index contributed by atoms with van der Waals surface area (Å²) in [5.41, 5.74) is 9.31. The van der Waals surface area contributed by atoms with Crippen molar-refractivity contribution >= 4 is 34.2 Å². The summed E-state index contributed by atoms with van der Waals surface area (Å²) < 4.78 is 15.7. The summed E-state index contributed by atoms with van der Waals surface area (Å²) >= 11 is 0. The Labute approximate surface area is 168 Å². The van der Waals surface area contributed by atoms with Gasteiger partial charge in [-0.2, -0.15) is 9.97 Å². The third-order valence-electron chi connectivity index (χ3n) is 4.60. The number of aromatic nitrogens is 4. The molecule has 0 aliphatic heterocycles. The first-order chi connectivity index (χ1) is 13.9. The fourth-order valence-corrected chi connectivity index (χ4v) is 3.19. The second-order valence-corrected chi connectivity index (χ2v) is 6.89. The summed E-state index contributed by atoms with van der Waals surface area (Å²) in [5, 5.41) is 3.18. The lowest BCUT2D eigenvalue weighted by molar-refractivity contribution is 0.629. The molecule has 0 radical (unpaired) electrons. The molecular weight excluding hydrogens is 369 g/mol. The fraction of sp³-hybridized carbons (Fsp3) is 0.190. The molecule has 0 saturated heterocycles. The van der Waals surface area contributed by atoms with Crippen LogP contribution in [0.25, 0.3) is 16.9 Å². The Morgan fingerprint density at radius 2 is 1.79 bits per heavy atom. The quantitative estimate of drug-likeness (QED) is 0.537. The minimum atomic E-state index is -0.331. The minimum absolute atomic E-state index is 0.308. The molecule has 2 aromatic carbocycles. The van der Waals surface area contributed by atoms with Gasteiger partial charge in [-0.25, -0.2) is 9.37 Å². The summed E-state index contributed by atoms with van der Waals surface area (Å²) in [6, 6.07) is 14.1. The van der Waals surface area contributed by atoms with E-state index in [1.165, 1.54) is 12.1 Å². The van der Waals surface area contributed by atoms with Crippen LogP contribution in [0.4, 0.5) is 27.5 Å². The van der Waals surface area contributed by atoms with Crippen molar-refractivity contribution in [3.05, 3.63) is 60.2 Å². The van der Waals surface area contributed by atoms with Crippen LogP contribution < -0.4 is 16.0 Å². The maximum Gasteiger partial charge on any atom is 0.231 e. The molecule has 0 spiro atoms. The lowest BCUT2D eigenvalue weighted by Crippen LogP contribution is -2.09. The van der Waals surface area contributed by atoms with E-state index in [4.69, 9.17) is 5.73 Å². The smallest absolute Gasteiger partial charge is 0.231 e. The van der Waals surface area contributed by atoms with Crippen LogP contribution in [0.15, 0.2) is 48.5 Å². The Morgan fingerprint density at radius 1 is 1.03 bits per heavy atom. The molecule has 8 heteroatoms. The highest BCUT2D eigenvalue weighted by molar-refractivity contribution is 5.78. The van der Waals surface area contributed by atoms with Crippen molar-refractivity contribution in [1.29, 1.82) is 0 Å². The molecule has 0 aliphatic carbocycles. The number of aryl methyl sites for hydroxylation is 1. The monoisotopic (exact) mass is 391 g/mol. The predicted molar refractivity (Wildman–Crippen MR) is 114 cm³/mol. The molecule has 0 saturated carbocycles. The summed E-state index contributed by atoms with van der Waals surface area (Å²) in [5.74, 6) is 1.64. The molecule has 4 rings (SSSR count). The van der Waals surface area contributed by atoms with Gasteiger partial charge in [-0.05, 0) is 36.4 Å². The van der Waals surface area contributed by atoms with Crippen LogP contribution in [-0.2, 0) is 6.42 Å². The van der Waals surface area contributed by atoms with Crippen LogP contribution in [-0.4, -0.2) is 33.6 Å². The van der Waals surface area contributed by atoms with E-state index < -0.39 is 0 Å². The van der Waals surface area contributed by atoms with Gasteiger partial charge < -0.3 is 16.0 Å². The highest BCUT2D eigenvalue weighted by atomic mass is 19.1. The van der Waals surface area contributed by atoms with E-state index in [-0.39, 0.29) is 5.82 Å². The van der Waals surface area contributed by atoms with E-state index >= 15 is 0 Å². The number of hydrogen-bond acceptors (Lipinski definition) is 6. The number of fused-ring (bicyclic) bond motifs is 1. The number of hydrogen-bond donors (Lipinski definition) is 2.